The second-order valence-electron chi connectivity index (χ2n) is 5.10. The summed E-state index contributed by atoms with van der Waals surface area (Å²) in [6.07, 6.45) is 0. The number of carboxylic acid groups (broad SMARTS) is 1. The molecule has 1 atom stereocenters. The average Bonchev–Trinajstić information content (AvgIpc) is 2.16. The van der Waals surface area contributed by atoms with Gasteiger partial charge in [-0.25, -0.2) is 9.18 Å². The Morgan fingerprint density at radius 3 is 1.94 bits per heavy atom. The van der Waals surface area contributed by atoms with Crippen molar-refractivity contribution in [2.24, 2.45) is 0 Å². The molecular formula is C13H17FO2. The van der Waals surface area contributed by atoms with E-state index < -0.39 is 11.6 Å². The maximum absolute atomic E-state index is 14.1. The highest BCUT2D eigenvalue weighted by atomic mass is 19.1. The van der Waals surface area contributed by atoms with Gasteiger partial charge in [0.25, 0.3) is 0 Å². The third kappa shape index (κ3) is 2.23. The Balaban J connectivity index is 3.41. The van der Waals surface area contributed by atoms with Gasteiger partial charge in [0.15, 0.2) is 0 Å². The highest BCUT2D eigenvalue weighted by molar-refractivity contribution is 5.79. The second-order valence-corrected chi connectivity index (χ2v) is 5.10. The van der Waals surface area contributed by atoms with Crippen molar-refractivity contribution in [2.45, 2.75) is 38.8 Å². The van der Waals surface area contributed by atoms with E-state index in [0.717, 1.165) is 12.5 Å². The molecule has 2 nitrogen and oxygen atoms in total. The molecule has 88 valence electrons. The summed E-state index contributed by atoms with van der Waals surface area (Å²) in [5, 5.41) is 8.91. The van der Waals surface area contributed by atoms with E-state index in [2.05, 4.69) is 0 Å². The van der Waals surface area contributed by atoms with E-state index in [1.165, 1.54) is 6.07 Å². The molecule has 1 N–H and O–H groups in total. The largest absolute Gasteiger partial charge is 0.479 e. The molecule has 0 bridgehead atoms. The summed E-state index contributed by atoms with van der Waals surface area (Å²) in [6.45, 7) is 6.89. The number of alkyl halides is 1. The molecular weight excluding hydrogens is 207 g/mol. The maximum atomic E-state index is 14.1. The number of hydrogen-bond donors (Lipinski definition) is 1. The molecule has 0 aliphatic rings. The minimum absolute atomic E-state index is 0.231. The third-order valence-electron chi connectivity index (χ3n) is 2.64. The Kier molecular flexibility index (Phi) is 3.08. The highest BCUT2D eigenvalue weighted by Crippen LogP contribution is 2.35. The van der Waals surface area contributed by atoms with Gasteiger partial charge in [-0.05, 0) is 17.9 Å². The number of benzene rings is 1. The van der Waals surface area contributed by atoms with Gasteiger partial charge in [0.05, 0.1) is 0 Å². The van der Waals surface area contributed by atoms with E-state index in [1.54, 1.807) is 18.2 Å². The zero-order valence-corrected chi connectivity index (χ0v) is 10.0. The molecule has 16 heavy (non-hydrogen) atoms. The molecule has 0 saturated heterocycles. The molecule has 1 rings (SSSR count). The van der Waals surface area contributed by atoms with Crippen LogP contribution in [-0.2, 0) is 15.9 Å². The Hall–Kier alpha value is -1.38. The van der Waals surface area contributed by atoms with Gasteiger partial charge in [0.2, 0.25) is 5.67 Å². The van der Waals surface area contributed by atoms with E-state index in [1.807, 2.05) is 20.8 Å². The molecule has 1 aromatic carbocycles. The fraction of sp³-hybridized carbons (Fsp3) is 0.462. The lowest BCUT2D eigenvalue weighted by Crippen LogP contribution is -2.30. The zero-order valence-electron chi connectivity index (χ0n) is 10.0. The van der Waals surface area contributed by atoms with Crippen LogP contribution in [0.4, 0.5) is 4.39 Å². The van der Waals surface area contributed by atoms with Gasteiger partial charge in [-0.1, -0.05) is 45.0 Å². The Morgan fingerprint density at radius 1 is 1.12 bits per heavy atom. The molecule has 0 spiro atoms. The summed E-state index contributed by atoms with van der Waals surface area (Å²) < 4.78 is 14.1. The lowest BCUT2D eigenvalue weighted by atomic mass is 9.79. The molecule has 0 heterocycles. The number of carboxylic acids is 1. The van der Waals surface area contributed by atoms with Gasteiger partial charge in [0.1, 0.15) is 0 Å². The Labute approximate surface area is 95.1 Å². The molecule has 0 aromatic heterocycles. The van der Waals surface area contributed by atoms with E-state index in [4.69, 9.17) is 5.11 Å². The van der Waals surface area contributed by atoms with Crippen LogP contribution in [-0.4, -0.2) is 11.1 Å². The number of aliphatic carboxylic acids is 1. The minimum atomic E-state index is -2.34. The van der Waals surface area contributed by atoms with Crippen molar-refractivity contribution in [2.75, 3.05) is 0 Å². The number of carbonyl (C=O) groups is 1. The van der Waals surface area contributed by atoms with Crippen LogP contribution in [0.5, 0.6) is 0 Å². The van der Waals surface area contributed by atoms with Crippen molar-refractivity contribution in [3.63, 3.8) is 0 Å². The van der Waals surface area contributed by atoms with Crippen LogP contribution in [0.2, 0.25) is 0 Å². The van der Waals surface area contributed by atoms with Crippen molar-refractivity contribution < 1.29 is 14.3 Å². The normalized spacial score (nSPS) is 15.6. The molecule has 0 fully saturated rings. The lowest BCUT2D eigenvalue weighted by molar-refractivity contribution is -0.150. The number of hydrogen-bond acceptors (Lipinski definition) is 1. The van der Waals surface area contributed by atoms with Crippen LogP contribution < -0.4 is 0 Å². The average molecular weight is 224 g/mol. The summed E-state index contributed by atoms with van der Waals surface area (Å²) in [4.78, 5) is 10.9. The van der Waals surface area contributed by atoms with Gasteiger partial charge >= 0.3 is 5.97 Å². The van der Waals surface area contributed by atoms with Crippen molar-refractivity contribution in [3.8, 4) is 0 Å². The Morgan fingerprint density at radius 2 is 1.56 bits per heavy atom. The molecule has 1 aromatic rings. The zero-order chi connectivity index (χ0) is 12.6. The van der Waals surface area contributed by atoms with Crippen molar-refractivity contribution in [1.82, 2.24) is 0 Å². The highest BCUT2D eigenvalue weighted by Gasteiger charge is 2.38. The van der Waals surface area contributed by atoms with Crippen LogP contribution >= 0.6 is 0 Å². The summed E-state index contributed by atoms with van der Waals surface area (Å²) in [6, 6.07) is 6.76. The fourth-order valence-electron chi connectivity index (χ4n) is 1.66. The van der Waals surface area contributed by atoms with Crippen LogP contribution in [0.3, 0.4) is 0 Å². The second kappa shape index (κ2) is 3.89. The number of halogens is 1. The van der Waals surface area contributed by atoms with Gasteiger partial charge in [-0.2, -0.15) is 0 Å². The van der Waals surface area contributed by atoms with E-state index in [0.29, 0.717) is 0 Å². The topological polar surface area (TPSA) is 37.3 Å². The molecule has 0 radical (unpaired) electrons. The van der Waals surface area contributed by atoms with Crippen LogP contribution in [0.1, 0.15) is 38.8 Å². The SMILES string of the molecule is CC(C)(C)c1ccccc1C(C)(F)C(=O)O. The summed E-state index contributed by atoms with van der Waals surface area (Å²) >= 11 is 0. The van der Waals surface area contributed by atoms with Crippen molar-refractivity contribution in [3.05, 3.63) is 35.4 Å². The third-order valence-corrected chi connectivity index (χ3v) is 2.64. The van der Waals surface area contributed by atoms with Crippen molar-refractivity contribution >= 4 is 5.97 Å². The summed E-state index contributed by atoms with van der Waals surface area (Å²) in [5.41, 5.74) is -1.67. The molecule has 1 unspecified atom stereocenters. The minimum Gasteiger partial charge on any atom is -0.479 e. The smallest absolute Gasteiger partial charge is 0.345 e. The maximum Gasteiger partial charge on any atom is 0.345 e. The van der Waals surface area contributed by atoms with Crippen LogP contribution in [0, 0.1) is 0 Å². The van der Waals surface area contributed by atoms with E-state index in [-0.39, 0.29) is 11.0 Å². The quantitative estimate of drug-likeness (QED) is 0.837. The molecule has 0 aliphatic heterocycles. The first kappa shape index (κ1) is 12.7. The van der Waals surface area contributed by atoms with E-state index in [9.17, 15) is 9.18 Å². The molecule has 0 saturated carbocycles. The molecule has 3 heteroatoms. The summed E-state index contributed by atoms with van der Waals surface area (Å²) in [7, 11) is 0. The van der Waals surface area contributed by atoms with Gasteiger partial charge in [-0.3, -0.25) is 0 Å². The predicted molar refractivity (Wildman–Crippen MR) is 61.2 cm³/mol. The van der Waals surface area contributed by atoms with Crippen LogP contribution in [0.15, 0.2) is 24.3 Å². The van der Waals surface area contributed by atoms with Gasteiger partial charge in [-0.15, -0.1) is 0 Å². The van der Waals surface area contributed by atoms with Crippen molar-refractivity contribution in [1.29, 1.82) is 0 Å². The fourth-order valence-corrected chi connectivity index (χ4v) is 1.66. The van der Waals surface area contributed by atoms with E-state index >= 15 is 0 Å². The van der Waals surface area contributed by atoms with Gasteiger partial charge in [0, 0.05) is 5.56 Å². The lowest BCUT2D eigenvalue weighted by Gasteiger charge is -2.27. The first-order valence-corrected chi connectivity index (χ1v) is 5.19. The molecule has 0 aliphatic carbocycles. The number of rotatable bonds is 2. The molecule has 0 amide bonds. The Bertz CT molecular complexity index is 403. The van der Waals surface area contributed by atoms with Gasteiger partial charge < -0.3 is 5.11 Å². The van der Waals surface area contributed by atoms with Crippen LogP contribution in [0.25, 0.3) is 0 Å². The summed E-state index contributed by atoms with van der Waals surface area (Å²) in [5.74, 6) is -1.45. The predicted octanol–water partition coefficient (Wildman–Crippen LogP) is 3.25. The first-order valence-electron chi connectivity index (χ1n) is 5.19. The standard InChI is InChI=1S/C13H17FO2/c1-12(2,3)9-7-5-6-8-10(9)13(4,14)11(15)16/h5-8H,1-4H3,(H,15,16). The monoisotopic (exact) mass is 224 g/mol. The first-order chi connectivity index (χ1) is 7.17.